The minimum atomic E-state index is -0.374. The van der Waals surface area contributed by atoms with E-state index < -0.39 is 0 Å². The van der Waals surface area contributed by atoms with Gasteiger partial charge < -0.3 is 10.1 Å². The SMILES string of the molecule is CCOC(=O)c1c(NC(=O)c2c(C)c(-c3cccc(Cl)c3)nc3ccccc23)sc2c1CCC(CC)C2. The third-order valence-corrected chi connectivity index (χ3v) is 8.52. The summed E-state index contributed by atoms with van der Waals surface area (Å²) in [5.74, 6) is -0.0480. The van der Waals surface area contributed by atoms with Gasteiger partial charge in [-0.2, -0.15) is 0 Å². The molecule has 7 heteroatoms. The lowest BCUT2D eigenvalue weighted by atomic mass is 9.85. The molecule has 1 aliphatic rings. The van der Waals surface area contributed by atoms with Crippen LogP contribution >= 0.6 is 22.9 Å². The monoisotopic (exact) mass is 532 g/mol. The zero-order valence-electron chi connectivity index (χ0n) is 21.2. The second kappa shape index (κ2) is 10.6. The Morgan fingerprint density at radius 2 is 1.95 bits per heavy atom. The molecule has 0 fully saturated rings. The van der Waals surface area contributed by atoms with Gasteiger partial charge in [-0.05, 0) is 68.4 Å². The summed E-state index contributed by atoms with van der Waals surface area (Å²) in [5, 5.41) is 5.03. The van der Waals surface area contributed by atoms with Crippen LogP contribution in [0.15, 0.2) is 48.5 Å². The van der Waals surface area contributed by atoms with Crippen molar-refractivity contribution in [3.8, 4) is 11.3 Å². The number of halogens is 1. The second-order valence-corrected chi connectivity index (χ2v) is 10.9. The van der Waals surface area contributed by atoms with E-state index in [0.29, 0.717) is 32.8 Å². The zero-order valence-corrected chi connectivity index (χ0v) is 22.8. The van der Waals surface area contributed by atoms with E-state index in [1.54, 1.807) is 6.92 Å². The van der Waals surface area contributed by atoms with Crippen molar-refractivity contribution in [2.45, 2.75) is 46.5 Å². The van der Waals surface area contributed by atoms with E-state index in [4.69, 9.17) is 21.3 Å². The summed E-state index contributed by atoms with van der Waals surface area (Å²) >= 11 is 7.77. The highest BCUT2D eigenvalue weighted by molar-refractivity contribution is 7.17. The first-order chi connectivity index (χ1) is 17.9. The van der Waals surface area contributed by atoms with Crippen molar-refractivity contribution in [2.75, 3.05) is 11.9 Å². The smallest absolute Gasteiger partial charge is 0.341 e. The van der Waals surface area contributed by atoms with E-state index in [2.05, 4.69) is 12.2 Å². The number of hydrogen-bond acceptors (Lipinski definition) is 5. The molecule has 2 aromatic heterocycles. The number of fused-ring (bicyclic) bond motifs is 2. The van der Waals surface area contributed by atoms with Crippen molar-refractivity contribution >= 4 is 50.7 Å². The minimum absolute atomic E-state index is 0.268. The summed E-state index contributed by atoms with van der Waals surface area (Å²) in [6.07, 6.45) is 3.89. The molecule has 0 radical (unpaired) electrons. The van der Waals surface area contributed by atoms with Crippen LogP contribution < -0.4 is 5.32 Å². The largest absolute Gasteiger partial charge is 0.462 e. The Bertz CT molecular complexity index is 1510. The Balaban J connectivity index is 1.61. The van der Waals surface area contributed by atoms with Crippen LogP contribution in [0.3, 0.4) is 0 Å². The van der Waals surface area contributed by atoms with E-state index in [1.807, 2.05) is 55.5 Å². The summed E-state index contributed by atoms with van der Waals surface area (Å²) in [5.41, 5.74) is 5.09. The van der Waals surface area contributed by atoms with E-state index in [9.17, 15) is 9.59 Å². The summed E-state index contributed by atoms with van der Waals surface area (Å²) in [7, 11) is 0. The normalized spacial score (nSPS) is 14.9. The summed E-state index contributed by atoms with van der Waals surface area (Å²) in [6, 6.07) is 15.1. The molecule has 1 aliphatic carbocycles. The van der Waals surface area contributed by atoms with E-state index >= 15 is 0 Å². The Morgan fingerprint density at radius 1 is 1.14 bits per heavy atom. The van der Waals surface area contributed by atoms with Crippen molar-refractivity contribution in [3.63, 3.8) is 0 Å². The molecule has 0 bridgehead atoms. The lowest BCUT2D eigenvalue weighted by Crippen LogP contribution is -2.18. The molecular formula is C30H29ClN2O3S. The molecule has 1 unspecified atom stereocenters. The topological polar surface area (TPSA) is 68.3 Å². The number of carbonyl (C=O) groups is 2. The molecule has 0 spiro atoms. The van der Waals surface area contributed by atoms with Gasteiger partial charge in [-0.15, -0.1) is 11.3 Å². The van der Waals surface area contributed by atoms with Gasteiger partial charge in [-0.1, -0.05) is 55.3 Å². The number of ether oxygens (including phenoxy) is 1. The van der Waals surface area contributed by atoms with Crippen molar-refractivity contribution in [1.29, 1.82) is 0 Å². The van der Waals surface area contributed by atoms with Crippen molar-refractivity contribution in [3.05, 3.63) is 80.7 Å². The van der Waals surface area contributed by atoms with E-state index in [-0.39, 0.29) is 18.5 Å². The number of pyridine rings is 1. The molecule has 1 atom stereocenters. The van der Waals surface area contributed by atoms with Crippen LogP contribution in [0.25, 0.3) is 22.2 Å². The molecule has 1 amide bonds. The molecule has 0 saturated heterocycles. The molecule has 0 saturated carbocycles. The van der Waals surface area contributed by atoms with Crippen LogP contribution in [0.5, 0.6) is 0 Å². The van der Waals surface area contributed by atoms with Crippen LogP contribution in [0.1, 0.15) is 63.4 Å². The molecule has 5 nitrogen and oxygen atoms in total. The lowest BCUT2D eigenvalue weighted by molar-refractivity contribution is 0.0526. The highest BCUT2D eigenvalue weighted by atomic mass is 35.5. The fourth-order valence-corrected chi connectivity index (χ4v) is 6.73. The van der Waals surface area contributed by atoms with Gasteiger partial charge in [-0.3, -0.25) is 4.79 Å². The molecule has 37 heavy (non-hydrogen) atoms. The standard InChI is InChI=1S/C30H29ClN2O3S/c1-4-18-13-14-22-24(15-18)37-29(26(22)30(35)36-5-2)33-28(34)25-17(3)27(19-9-8-10-20(31)16-19)32-23-12-7-6-11-21(23)25/h6-12,16,18H,4-5,13-15H2,1-3H3,(H,33,34). The van der Waals surface area contributed by atoms with Gasteiger partial charge in [0.15, 0.2) is 0 Å². The Kier molecular flexibility index (Phi) is 7.31. The number of nitrogens with zero attached hydrogens (tertiary/aromatic N) is 1. The zero-order chi connectivity index (χ0) is 26.1. The summed E-state index contributed by atoms with van der Waals surface area (Å²) in [4.78, 5) is 33.0. The number of esters is 1. The Morgan fingerprint density at radius 3 is 2.70 bits per heavy atom. The first-order valence-electron chi connectivity index (χ1n) is 12.7. The van der Waals surface area contributed by atoms with Gasteiger partial charge in [0.25, 0.3) is 5.91 Å². The molecule has 4 aromatic rings. The van der Waals surface area contributed by atoms with Gasteiger partial charge in [0, 0.05) is 20.8 Å². The van der Waals surface area contributed by atoms with E-state index in [1.165, 1.54) is 16.2 Å². The predicted molar refractivity (Wildman–Crippen MR) is 151 cm³/mol. The fraction of sp³-hybridized carbons (Fsp3) is 0.300. The van der Waals surface area contributed by atoms with Gasteiger partial charge >= 0.3 is 5.97 Å². The third kappa shape index (κ3) is 4.88. The number of rotatable bonds is 6. The van der Waals surface area contributed by atoms with Gasteiger partial charge in [0.1, 0.15) is 5.00 Å². The highest BCUT2D eigenvalue weighted by Crippen LogP contribution is 2.41. The van der Waals surface area contributed by atoms with Crippen LogP contribution in [-0.4, -0.2) is 23.5 Å². The summed E-state index contributed by atoms with van der Waals surface area (Å²) < 4.78 is 5.41. The molecule has 2 heterocycles. The van der Waals surface area contributed by atoms with Crippen LogP contribution in [0.2, 0.25) is 5.02 Å². The number of benzene rings is 2. The van der Waals surface area contributed by atoms with Crippen LogP contribution in [0, 0.1) is 12.8 Å². The van der Waals surface area contributed by atoms with Gasteiger partial charge in [-0.25, -0.2) is 9.78 Å². The van der Waals surface area contributed by atoms with Gasteiger partial charge in [0.05, 0.1) is 28.9 Å². The number of nitrogens with one attached hydrogen (secondary N) is 1. The number of carbonyl (C=O) groups excluding carboxylic acids is 2. The highest BCUT2D eigenvalue weighted by Gasteiger charge is 2.30. The number of thiophene rings is 1. The first kappa shape index (κ1) is 25.4. The van der Waals surface area contributed by atoms with Gasteiger partial charge in [0.2, 0.25) is 0 Å². The molecule has 1 N–H and O–H groups in total. The average Bonchev–Trinajstić information content (AvgIpc) is 3.25. The lowest BCUT2D eigenvalue weighted by Gasteiger charge is -2.21. The van der Waals surface area contributed by atoms with E-state index in [0.717, 1.165) is 53.3 Å². The van der Waals surface area contributed by atoms with Crippen LogP contribution in [-0.2, 0) is 17.6 Å². The molecule has 0 aliphatic heterocycles. The number of para-hydroxylation sites is 1. The Hall–Kier alpha value is -3.22. The summed E-state index contributed by atoms with van der Waals surface area (Å²) in [6.45, 7) is 6.19. The quantitative estimate of drug-likeness (QED) is 0.256. The first-order valence-corrected chi connectivity index (χ1v) is 13.9. The van der Waals surface area contributed by atoms with Crippen molar-refractivity contribution in [2.24, 2.45) is 5.92 Å². The maximum Gasteiger partial charge on any atom is 0.341 e. The molecule has 2 aromatic carbocycles. The maximum absolute atomic E-state index is 14.0. The number of anilines is 1. The molecular weight excluding hydrogens is 504 g/mol. The van der Waals surface area contributed by atoms with Crippen molar-refractivity contribution < 1.29 is 14.3 Å². The second-order valence-electron chi connectivity index (χ2n) is 9.39. The van der Waals surface area contributed by atoms with Crippen LogP contribution in [0.4, 0.5) is 5.00 Å². The average molecular weight is 533 g/mol. The molecule has 190 valence electrons. The number of aromatic nitrogens is 1. The number of hydrogen-bond donors (Lipinski definition) is 1. The molecule has 5 rings (SSSR count). The predicted octanol–water partition coefficient (Wildman–Crippen LogP) is 7.87. The fourth-order valence-electron chi connectivity index (χ4n) is 5.19. The number of amides is 1. The Labute approximate surface area is 225 Å². The minimum Gasteiger partial charge on any atom is -0.462 e. The third-order valence-electron chi connectivity index (χ3n) is 7.11. The van der Waals surface area contributed by atoms with Crippen molar-refractivity contribution in [1.82, 2.24) is 4.98 Å². The maximum atomic E-state index is 14.0.